The Hall–Kier alpha value is -2.79. The summed E-state index contributed by atoms with van der Waals surface area (Å²) in [6.45, 7) is 0.376. The standard InChI is InChI=1S/C21H18ClNO4/c1-27-21(26)12-6-8-15-16-3-2-4-19(25)20(16)23(18(15)9-12)11-13-5-7-14(24)10-17(13)22/h5-10,24H,2-4,11H2,1H3. The van der Waals surface area contributed by atoms with E-state index in [-0.39, 0.29) is 11.5 Å². The molecule has 3 aromatic rings. The molecule has 6 heteroatoms. The van der Waals surface area contributed by atoms with Gasteiger partial charge in [-0.1, -0.05) is 23.7 Å². The molecule has 0 spiro atoms. The van der Waals surface area contributed by atoms with E-state index in [1.165, 1.54) is 13.2 Å². The molecule has 0 bridgehead atoms. The number of Topliss-reactive ketones (excluding diaryl/α,β-unsaturated/α-hetero) is 1. The van der Waals surface area contributed by atoms with Crippen LogP contribution in [0.3, 0.4) is 0 Å². The highest BCUT2D eigenvalue weighted by Gasteiger charge is 2.27. The van der Waals surface area contributed by atoms with Crippen molar-refractivity contribution < 1.29 is 19.4 Å². The predicted octanol–water partition coefficient (Wildman–Crippen LogP) is 4.35. The number of ketones is 1. The van der Waals surface area contributed by atoms with Gasteiger partial charge in [0.15, 0.2) is 5.78 Å². The number of carbonyl (C=O) groups is 2. The Morgan fingerprint density at radius 1 is 1.22 bits per heavy atom. The molecule has 0 unspecified atom stereocenters. The van der Waals surface area contributed by atoms with Gasteiger partial charge in [-0.2, -0.15) is 0 Å². The zero-order valence-electron chi connectivity index (χ0n) is 14.8. The molecule has 0 amide bonds. The van der Waals surface area contributed by atoms with Gasteiger partial charge in [-0.25, -0.2) is 4.79 Å². The SMILES string of the molecule is COC(=O)c1ccc2c3c(n(Cc4ccc(O)cc4Cl)c2c1)C(=O)CCC3. The molecule has 1 aromatic heterocycles. The van der Waals surface area contributed by atoms with Crippen LogP contribution in [0.25, 0.3) is 10.9 Å². The minimum atomic E-state index is -0.420. The van der Waals surface area contributed by atoms with Crippen molar-refractivity contribution in [3.05, 3.63) is 63.8 Å². The van der Waals surface area contributed by atoms with Crippen molar-refractivity contribution in [1.82, 2.24) is 4.57 Å². The number of rotatable bonds is 3. The van der Waals surface area contributed by atoms with E-state index in [0.29, 0.717) is 29.2 Å². The summed E-state index contributed by atoms with van der Waals surface area (Å²) in [7, 11) is 1.34. The van der Waals surface area contributed by atoms with Gasteiger partial charge in [-0.3, -0.25) is 4.79 Å². The fourth-order valence-corrected chi connectivity index (χ4v) is 4.02. The summed E-state index contributed by atoms with van der Waals surface area (Å²) in [4.78, 5) is 24.7. The Morgan fingerprint density at radius 3 is 2.78 bits per heavy atom. The number of ether oxygens (including phenoxy) is 1. The van der Waals surface area contributed by atoms with Gasteiger partial charge in [-0.15, -0.1) is 0 Å². The lowest BCUT2D eigenvalue weighted by Gasteiger charge is -2.16. The van der Waals surface area contributed by atoms with E-state index in [1.54, 1.807) is 24.3 Å². The van der Waals surface area contributed by atoms with Crippen molar-refractivity contribution in [3.63, 3.8) is 0 Å². The van der Waals surface area contributed by atoms with E-state index >= 15 is 0 Å². The van der Waals surface area contributed by atoms with Crippen LogP contribution >= 0.6 is 11.6 Å². The molecule has 5 nitrogen and oxygen atoms in total. The Kier molecular flexibility index (Phi) is 4.40. The average Bonchev–Trinajstić information content (AvgIpc) is 2.97. The first-order chi connectivity index (χ1) is 13.0. The first-order valence-corrected chi connectivity index (χ1v) is 9.11. The monoisotopic (exact) mass is 383 g/mol. The highest BCUT2D eigenvalue weighted by molar-refractivity contribution is 6.31. The molecule has 27 heavy (non-hydrogen) atoms. The van der Waals surface area contributed by atoms with E-state index in [9.17, 15) is 14.7 Å². The molecule has 2 aromatic carbocycles. The van der Waals surface area contributed by atoms with Gasteiger partial charge in [0.05, 0.1) is 23.9 Å². The first-order valence-electron chi connectivity index (χ1n) is 8.73. The molecule has 1 aliphatic carbocycles. The van der Waals surface area contributed by atoms with Crippen LogP contribution in [0.5, 0.6) is 5.75 Å². The second-order valence-electron chi connectivity index (χ2n) is 6.69. The molecular weight excluding hydrogens is 366 g/mol. The molecule has 1 N–H and O–H groups in total. The minimum absolute atomic E-state index is 0.0900. The third-order valence-corrected chi connectivity index (χ3v) is 5.40. The zero-order valence-corrected chi connectivity index (χ0v) is 15.5. The molecule has 1 aliphatic rings. The zero-order chi connectivity index (χ0) is 19.1. The lowest BCUT2D eigenvalue weighted by molar-refractivity contribution is 0.0600. The Bertz CT molecular complexity index is 1080. The van der Waals surface area contributed by atoms with Crippen molar-refractivity contribution in [2.24, 2.45) is 0 Å². The molecule has 0 radical (unpaired) electrons. The van der Waals surface area contributed by atoms with Crippen LogP contribution in [0.2, 0.25) is 5.02 Å². The maximum Gasteiger partial charge on any atom is 0.337 e. The number of nitrogens with zero attached hydrogens (tertiary/aromatic N) is 1. The van der Waals surface area contributed by atoms with E-state index in [2.05, 4.69) is 0 Å². The fourth-order valence-electron chi connectivity index (χ4n) is 3.78. The number of esters is 1. The number of benzene rings is 2. The number of aryl methyl sites for hydroxylation is 1. The summed E-state index contributed by atoms with van der Waals surface area (Å²) < 4.78 is 6.76. The van der Waals surface area contributed by atoms with Crippen molar-refractivity contribution in [2.45, 2.75) is 25.8 Å². The van der Waals surface area contributed by atoms with Crippen molar-refractivity contribution in [3.8, 4) is 5.75 Å². The largest absolute Gasteiger partial charge is 0.508 e. The number of hydrogen-bond acceptors (Lipinski definition) is 4. The Morgan fingerprint density at radius 2 is 2.04 bits per heavy atom. The van der Waals surface area contributed by atoms with E-state index in [0.717, 1.165) is 34.9 Å². The van der Waals surface area contributed by atoms with Crippen molar-refractivity contribution in [2.75, 3.05) is 7.11 Å². The van der Waals surface area contributed by atoms with Gasteiger partial charge in [0.25, 0.3) is 0 Å². The highest BCUT2D eigenvalue weighted by Crippen LogP contribution is 2.34. The second kappa shape index (κ2) is 6.74. The number of fused-ring (bicyclic) bond motifs is 3. The van der Waals surface area contributed by atoms with Gasteiger partial charge in [-0.05, 0) is 48.2 Å². The molecule has 1 heterocycles. The van der Waals surface area contributed by atoms with Crippen LogP contribution in [0.15, 0.2) is 36.4 Å². The normalized spacial score (nSPS) is 13.6. The van der Waals surface area contributed by atoms with E-state index < -0.39 is 5.97 Å². The molecular formula is C21H18ClNO4. The second-order valence-corrected chi connectivity index (χ2v) is 7.10. The summed E-state index contributed by atoms with van der Waals surface area (Å²) in [6.07, 6.45) is 2.16. The summed E-state index contributed by atoms with van der Waals surface area (Å²) >= 11 is 6.29. The fraction of sp³-hybridized carbons (Fsp3) is 0.238. The van der Waals surface area contributed by atoms with Gasteiger partial charge >= 0.3 is 5.97 Å². The Labute approximate surface area is 161 Å². The number of phenols is 1. The Balaban J connectivity index is 1.94. The van der Waals surface area contributed by atoms with Gasteiger partial charge in [0, 0.05) is 23.4 Å². The van der Waals surface area contributed by atoms with Crippen LogP contribution in [0.1, 0.15) is 44.8 Å². The molecule has 0 saturated heterocycles. The van der Waals surface area contributed by atoms with Crippen molar-refractivity contribution in [1.29, 1.82) is 0 Å². The van der Waals surface area contributed by atoms with Crippen LogP contribution in [0.4, 0.5) is 0 Å². The number of methoxy groups -OCH3 is 1. The van der Waals surface area contributed by atoms with Crippen LogP contribution in [-0.2, 0) is 17.7 Å². The third-order valence-electron chi connectivity index (χ3n) is 5.05. The number of aromatic nitrogens is 1. The van der Waals surface area contributed by atoms with E-state index in [4.69, 9.17) is 16.3 Å². The molecule has 0 atom stereocenters. The summed E-state index contributed by atoms with van der Waals surface area (Å²) in [5.41, 5.74) is 3.73. The lowest BCUT2D eigenvalue weighted by atomic mass is 9.94. The minimum Gasteiger partial charge on any atom is -0.508 e. The summed E-state index contributed by atoms with van der Waals surface area (Å²) in [5, 5.41) is 11.0. The quantitative estimate of drug-likeness (QED) is 0.682. The van der Waals surface area contributed by atoms with Gasteiger partial charge in [0.2, 0.25) is 0 Å². The lowest BCUT2D eigenvalue weighted by Crippen LogP contribution is -2.16. The smallest absolute Gasteiger partial charge is 0.337 e. The number of halogens is 1. The molecule has 4 rings (SSSR count). The molecule has 138 valence electrons. The maximum atomic E-state index is 12.7. The summed E-state index contributed by atoms with van der Waals surface area (Å²) in [6, 6.07) is 10.2. The molecule has 0 aliphatic heterocycles. The molecule has 0 fully saturated rings. The van der Waals surface area contributed by atoms with E-state index in [1.807, 2.05) is 10.6 Å². The third kappa shape index (κ3) is 2.98. The van der Waals surface area contributed by atoms with Gasteiger partial charge < -0.3 is 14.4 Å². The number of phenolic OH excluding ortho intramolecular Hbond substituents is 1. The van der Waals surface area contributed by atoms with Gasteiger partial charge in [0.1, 0.15) is 5.75 Å². The van der Waals surface area contributed by atoms with Crippen LogP contribution < -0.4 is 0 Å². The topological polar surface area (TPSA) is 68.5 Å². The number of hydrogen-bond donors (Lipinski definition) is 1. The highest BCUT2D eigenvalue weighted by atomic mass is 35.5. The van der Waals surface area contributed by atoms with Crippen LogP contribution in [-0.4, -0.2) is 28.5 Å². The number of carbonyl (C=O) groups excluding carboxylic acids is 2. The summed E-state index contributed by atoms with van der Waals surface area (Å²) in [5.74, 6) is -0.231. The predicted molar refractivity (Wildman–Crippen MR) is 103 cm³/mol. The molecule has 0 saturated carbocycles. The first kappa shape index (κ1) is 17.6. The van der Waals surface area contributed by atoms with Crippen LogP contribution in [0, 0.1) is 0 Å². The number of aromatic hydroxyl groups is 1. The van der Waals surface area contributed by atoms with Crippen molar-refractivity contribution >= 4 is 34.3 Å². The average molecular weight is 384 g/mol. The maximum absolute atomic E-state index is 12.7.